The number of para-hydroxylation sites is 1. The average molecular weight is 380 g/mol. The number of aryl methyl sites for hydroxylation is 2. The Morgan fingerprint density at radius 2 is 1.45 bits per heavy atom. The average Bonchev–Trinajstić information content (AvgIpc) is 2.79. The van der Waals surface area contributed by atoms with Gasteiger partial charge in [0, 0.05) is 16.6 Å². The summed E-state index contributed by atoms with van der Waals surface area (Å²) in [6.07, 6.45) is 1.97. The molecule has 29 heavy (non-hydrogen) atoms. The highest BCUT2D eigenvalue weighted by Gasteiger charge is 2.14. The third kappa shape index (κ3) is 4.04. The molecule has 0 saturated carbocycles. The summed E-state index contributed by atoms with van der Waals surface area (Å²) in [4.78, 5) is 17.9. The molecule has 144 valence electrons. The van der Waals surface area contributed by atoms with Gasteiger partial charge in [0.15, 0.2) is 0 Å². The molecule has 0 spiro atoms. The highest BCUT2D eigenvalue weighted by Crippen LogP contribution is 2.26. The number of anilines is 1. The van der Waals surface area contributed by atoms with Gasteiger partial charge >= 0.3 is 0 Å². The van der Waals surface area contributed by atoms with E-state index in [0.29, 0.717) is 5.56 Å². The molecule has 0 aliphatic heterocycles. The van der Waals surface area contributed by atoms with Crippen LogP contribution < -0.4 is 5.32 Å². The number of nitrogens with one attached hydrogen (secondary N) is 1. The van der Waals surface area contributed by atoms with Crippen molar-refractivity contribution in [2.24, 2.45) is 0 Å². The Bertz CT molecular complexity index is 1150. The molecular formula is C26H24N2O. The van der Waals surface area contributed by atoms with E-state index >= 15 is 0 Å². The summed E-state index contributed by atoms with van der Waals surface area (Å²) >= 11 is 0. The van der Waals surface area contributed by atoms with Gasteiger partial charge in [0.2, 0.25) is 0 Å². The Kier molecular flexibility index (Phi) is 5.39. The van der Waals surface area contributed by atoms with Crippen LogP contribution in [0, 0.1) is 0 Å². The lowest BCUT2D eigenvalue weighted by Crippen LogP contribution is -2.13. The van der Waals surface area contributed by atoms with Gasteiger partial charge in [0.05, 0.1) is 16.8 Å². The zero-order valence-electron chi connectivity index (χ0n) is 16.8. The lowest BCUT2D eigenvalue weighted by molar-refractivity contribution is 0.102. The smallest absolute Gasteiger partial charge is 0.256 e. The summed E-state index contributed by atoms with van der Waals surface area (Å²) < 4.78 is 0. The first-order valence-corrected chi connectivity index (χ1v) is 10.1. The number of benzene rings is 3. The van der Waals surface area contributed by atoms with Crippen molar-refractivity contribution in [3.63, 3.8) is 0 Å². The Morgan fingerprint density at radius 1 is 0.828 bits per heavy atom. The van der Waals surface area contributed by atoms with Crippen molar-refractivity contribution in [2.75, 3.05) is 5.32 Å². The fourth-order valence-electron chi connectivity index (χ4n) is 3.44. The molecule has 4 aromatic rings. The number of amides is 1. The first kappa shape index (κ1) is 18.9. The summed E-state index contributed by atoms with van der Waals surface area (Å²) in [5.41, 5.74) is 6.58. The number of fused-ring (bicyclic) bond motifs is 1. The first-order chi connectivity index (χ1) is 14.2. The van der Waals surface area contributed by atoms with Gasteiger partial charge in [-0.25, -0.2) is 4.98 Å². The van der Waals surface area contributed by atoms with Crippen LogP contribution in [-0.2, 0) is 12.8 Å². The number of rotatable bonds is 5. The van der Waals surface area contributed by atoms with Gasteiger partial charge in [-0.3, -0.25) is 4.79 Å². The first-order valence-electron chi connectivity index (χ1n) is 10.1. The second-order valence-corrected chi connectivity index (χ2v) is 7.13. The van der Waals surface area contributed by atoms with Gasteiger partial charge in [0.1, 0.15) is 0 Å². The molecule has 0 saturated heterocycles. The van der Waals surface area contributed by atoms with E-state index in [1.165, 1.54) is 11.1 Å². The van der Waals surface area contributed by atoms with Crippen LogP contribution in [0.15, 0.2) is 78.9 Å². The second-order valence-electron chi connectivity index (χ2n) is 7.13. The number of hydrogen-bond acceptors (Lipinski definition) is 2. The number of aromatic nitrogens is 1. The summed E-state index contributed by atoms with van der Waals surface area (Å²) in [6, 6.07) is 26.0. The number of nitrogens with zero attached hydrogens (tertiary/aromatic N) is 1. The minimum absolute atomic E-state index is 0.126. The van der Waals surface area contributed by atoms with Crippen LogP contribution in [0.3, 0.4) is 0 Å². The van der Waals surface area contributed by atoms with Crippen molar-refractivity contribution < 1.29 is 4.79 Å². The molecule has 0 aliphatic rings. The van der Waals surface area contributed by atoms with Gasteiger partial charge in [0.25, 0.3) is 5.91 Å². The minimum Gasteiger partial charge on any atom is -0.322 e. The quantitative estimate of drug-likeness (QED) is 0.443. The second kappa shape index (κ2) is 8.27. The van der Waals surface area contributed by atoms with E-state index in [9.17, 15) is 4.79 Å². The lowest BCUT2D eigenvalue weighted by Gasteiger charge is -2.11. The summed E-state index contributed by atoms with van der Waals surface area (Å²) in [6.45, 7) is 4.25. The molecule has 1 heterocycles. The van der Waals surface area contributed by atoms with Gasteiger partial charge in [-0.1, -0.05) is 68.4 Å². The Balaban J connectivity index is 1.74. The predicted molar refractivity (Wildman–Crippen MR) is 120 cm³/mol. The van der Waals surface area contributed by atoms with Gasteiger partial charge < -0.3 is 5.32 Å². The highest BCUT2D eigenvalue weighted by molar-refractivity contribution is 6.13. The van der Waals surface area contributed by atoms with E-state index in [-0.39, 0.29) is 5.91 Å². The Morgan fingerprint density at radius 3 is 2.10 bits per heavy atom. The van der Waals surface area contributed by atoms with Crippen LogP contribution in [-0.4, -0.2) is 10.9 Å². The van der Waals surface area contributed by atoms with Crippen LogP contribution >= 0.6 is 0 Å². The van der Waals surface area contributed by atoms with Crippen LogP contribution in [0.4, 0.5) is 5.69 Å². The minimum atomic E-state index is -0.126. The third-order valence-electron chi connectivity index (χ3n) is 5.24. The van der Waals surface area contributed by atoms with Crippen LogP contribution in [0.25, 0.3) is 22.2 Å². The standard InChI is InChI=1S/C26H24N2O/c1-3-18-9-13-20(14-10-18)25-17-23(22-7-5-6-8-24(22)28-25)26(29)27-21-15-11-19(4-2)12-16-21/h5-17H,3-4H2,1-2H3,(H,27,29). The zero-order chi connectivity index (χ0) is 20.2. The van der Waals surface area contributed by atoms with E-state index < -0.39 is 0 Å². The van der Waals surface area contributed by atoms with Gasteiger partial charge in [-0.2, -0.15) is 0 Å². The van der Waals surface area contributed by atoms with Crippen molar-refractivity contribution in [3.05, 3.63) is 95.6 Å². The number of hydrogen-bond donors (Lipinski definition) is 1. The Hall–Kier alpha value is -3.46. The molecule has 0 fully saturated rings. The zero-order valence-corrected chi connectivity index (χ0v) is 16.8. The van der Waals surface area contributed by atoms with Gasteiger partial charge in [-0.15, -0.1) is 0 Å². The van der Waals surface area contributed by atoms with Crippen molar-refractivity contribution in [3.8, 4) is 11.3 Å². The summed E-state index contributed by atoms with van der Waals surface area (Å²) in [5, 5.41) is 3.88. The monoisotopic (exact) mass is 380 g/mol. The summed E-state index contributed by atoms with van der Waals surface area (Å²) in [5.74, 6) is -0.126. The fraction of sp³-hybridized carbons (Fsp3) is 0.154. The van der Waals surface area contributed by atoms with Crippen LogP contribution in [0.2, 0.25) is 0 Å². The molecule has 3 aromatic carbocycles. The Labute approximate surface area is 171 Å². The summed E-state index contributed by atoms with van der Waals surface area (Å²) in [7, 11) is 0. The molecule has 1 N–H and O–H groups in total. The molecule has 1 aromatic heterocycles. The molecule has 0 unspecified atom stereocenters. The van der Waals surface area contributed by atoms with Crippen molar-refractivity contribution in [1.82, 2.24) is 4.98 Å². The van der Waals surface area contributed by atoms with E-state index in [1.54, 1.807) is 0 Å². The fourth-order valence-corrected chi connectivity index (χ4v) is 3.44. The van der Waals surface area contributed by atoms with E-state index in [0.717, 1.165) is 40.7 Å². The highest BCUT2D eigenvalue weighted by atomic mass is 16.1. The molecule has 4 rings (SSSR count). The van der Waals surface area contributed by atoms with Gasteiger partial charge in [-0.05, 0) is 48.2 Å². The van der Waals surface area contributed by atoms with E-state index in [4.69, 9.17) is 4.98 Å². The number of carbonyl (C=O) groups excluding carboxylic acids is 1. The molecule has 1 amide bonds. The predicted octanol–water partition coefficient (Wildman–Crippen LogP) is 6.28. The van der Waals surface area contributed by atoms with Crippen LogP contribution in [0.1, 0.15) is 35.3 Å². The molecule has 0 atom stereocenters. The maximum absolute atomic E-state index is 13.1. The maximum Gasteiger partial charge on any atom is 0.256 e. The van der Waals surface area contributed by atoms with Crippen molar-refractivity contribution in [2.45, 2.75) is 26.7 Å². The SMILES string of the molecule is CCc1ccc(NC(=O)c2cc(-c3ccc(CC)cc3)nc3ccccc23)cc1. The largest absolute Gasteiger partial charge is 0.322 e. The topological polar surface area (TPSA) is 42.0 Å². The molecule has 0 radical (unpaired) electrons. The molecule has 3 heteroatoms. The third-order valence-corrected chi connectivity index (χ3v) is 5.24. The van der Waals surface area contributed by atoms with E-state index in [2.05, 4.69) is 43.4 Å². The molecular weight excluding hydrogens is 356 g/mol. The van der Waals surface area contributed by atoms with E-state index in [1.807, 2.05) is 54.6 Å². The molecule has 0 bridgehead atoms. The van der Waals surface area contributed by atoms with Crippen molar-refractivity contribution >= 4 is 22.5 Å². The number of pyridine rings is 1. The maximum atomic E-state index is 13.1. The lowest BCUT2D eigenvalue weighted by atomic mass is 10.0. The normalized spacial score (nSPS) is 10.8. The number of carbonyl (C=O) groups is 1. The molecule has 3 nitrogen and oxygen atoms in total. The van der Waals surface area contributed by atoms with Crippen LogP contribution in [0.5, 0.6) is 0 Å². The van der Waals surface area contributed by atoms with Crippen molar-refractivity contribution in [1.29, 1.82) is 0 Å². The molecule has 0 aliphatic carbocycles.